The summed E-state index contributed by atoms with van der Waals surface area (Å²) >= 11 is 5.15. The van der Waals surface area contributed by atoms with E-state index in [-0.39, 0.29) is 6.61 Å². The van der Waals surface area contributed by atoms with E-state index in [1.807, 2.05) is 19.1 Å². The van der Waals surface area contributed by atoms with Crippen LogP contribution in [0.3, 0.4) is 0 Å². The number of methoxy groups -OCH3 is 1. The van der Waals surface area contributed by atoms with Crippen LogP contribution in [0.25, 0.3) is 0 Å². The highest BCUT2D eigenvalue weighted by molar-refractivity contribution is 6.63. The molecule has 0 saturated heterocycles. The lowest BCUT2D eigenvalue weighted by molar-refractivity contribution is -0.113. The van der Waals surface area contributed by atoms with E-state index >= 15 is 0 Å². The predicted octanol–water partition coefficient (Wildman–Crippen LogP) is 2.15. The maximum atomic E-state index is 10.5. The number of ether oxygens (including phenoxy) is 2. The molecule has 1 rings (SSSR count). The summed E-state index contributed by atoms with van der Waals surface area (Å²) in [7, 11) is 1.55. The first kappa shape index (κ1) is 10.9. The molecular formula is C10H11ClO3. The molecule has 0 spiro atoms. The van der Waals surface area contributed by atoms with Crippen LogP contribution in [0.15, 0.2) is 18.2 Å². The Hall–Kier alpha value is -1.22. The van der Waals surface area contributed by atoms with Crippen molar-refractivity contribution in [3.8, 4) is 11.5 Å². The van der Waals surface area contributed by atoms with Crippen LogP contribution in [-0.2, 0) is 4.79 Å². The third-order valence-electron chi connectivity index (χ3n) is 1.66. The van der Waals surface area contributed by atoms with Crippen molar-refractivity contribution in [3.05, 3.63) is 23.8 Å². The summed E-state index contributed by atoms with van der Waals surface area (Å²) in [6.07, 6.45) is 0. The Labute approximate surface area is 87.6 Å². The van der Waals surface area contributed by atoms with Gasteiger partial charge in [-0.15, -0.1) is 0 Å². The van der Waals surface area contributed by atoms with E-state index in [1.165, 1.54) is 0 Å². The maximum absolute atomic E-state index is 10.5. The van der Waals surface area contributed by atoms with Gasteiger partial charge in [-0.05, 0) is 36.2 Å². The van der Waals surface area contributed by atoms with Crippen molar-refractivity contribution in [2.75, 3.05) is 13.7 Å². The molecular weight excluding hydrogens is 204 g/mol. The molecule has 0 aliphatic rings. The Morgan fingerprint density at radius 3 is 2.71 bits per heavy atom. The van der Waals surface area contributed by atoms with E-state index in [1.54, 1.807) is 13.2 Å². The summed E-state index contributed by atoms with van der Waals surface area (Å²) in [6, 6.07) is 5.44. The molecule has 0 amide bonds. The number of halogens is 1. The molecule has 0 atom stereocenters. The smallest absolute Gasteiger partial charge is 0.259 e. The number of carbonyl (C=O) groups is 1. The topological polar surface area (TPSA) is 35.5 Å². The van der Waals surface area contributed by atoms with E-state index in [9.17, 15) is 4.79 Å². The molecule has 0 aliphatic heterocycles. The second kappa shape index (κ2) is 4.86. The molecule has 0 bridgehead atoms. The van der Waals surface area contributed by atoms with Crippen molar-refractivity contribution in [1.82, 2.24) is 0 Å². The zero-order chi connectivity index (χ0) is 10.6. The lowest BCUT2D eigenvalue weighted by atomic mass is 10.2. The summed E-state index contributed by atoms with van der Waals surface area (Å²) in [6.45, 7) is 1.79. The van der Waals surface area contributed by atoms with Gasteiger partial charge >= 0.3 is 0 Å². The van der Waals surface area contributed by atoms with Gasteiger partial charge in [0.15, 0.2) is 18.1 Å². The molecule has 4 heteroatoms. The van der Waals surface area contributed by atoms with Crippen molar-refractivity contribution in [3.63, 3.8) is 0 Å². The molecule has 1 aromatic carbocycles. The summed E-state index contributed by atoms with van der Waals surface area (Å²) in [4.78, 5) is 10.5. The third-order valence-corrected chi connectivity index (χ3v) is 1.77. The van der Waals surface area contributed by atoms with Crippen molar-refractivity contribution in [1.29, 1.82) is 0 Å². The van der Waals surface area contributed by atoms with E-state index in [4.69, 9.17) is 21.1 Å². The van der Waals surface area contributed by atoms with Crippen molar-refractivity contribution in [2.45, 2.75) is 6.92 Å². The fourth-order valence-electron chi connectivity index (χ4n) is 1.03. The fraction of sp³-hybridized carbons (Fsp3) is 0.300. The molecule has 0 fully saturated rings. The highest BCUT2D eigenvalue weighted by Crippen LogP contribution is 2.27. The Balaban J connectivity index is 2.80. The number of rotatable bonds is 4. The van der Waals surface area contributed by atoms with Gasteiger partial charge in [0.1, 0.15) is 0 Å². The van der Waals surface area contributed by atoms with Crippen LogP contribution >= 0.6 is 11.6 Å². The molecule has 0 saturated carbocycles. The van der Waals surface area contributed by atoms with Crippen LogP contribution in [0.5, 0.6) is 11.5 Å². The first-order valence-electron chi connectivity index (χ1n) is 4.09. The minimum atomic E-state index is -0.535. The van der Waals surface area contributed by atoms with E-state index < -0.39 is 5.24 Å². The average molecular weight is 215 g/mol. The molecule has 0 aliphatic carbocycles. The summed E-state index contributed by atoms with van der Waals surface area (Å²) < 4.78 is 10.2. The first-order chi connectivity index (χ1) is 6.63. The van der Waals surface area contributed by atoms with E-state index in [0.29, 0.717) is 11.5 Å². The Bertz CT molecular complexity index is 336. The summed E-state index contributed by atoms with van der Waals surface area (Å²) in [5.74, 6) is 1.12. The van der Waals surface area contributed by atoms with Gasteiger partial charge in [-0.1, -0.05) is 6.07 Å². The molecule has 0 aromatic heterocycles. The van der Waals surface area contributed by atoms with Crippen molar-refractivity contribution in [2.24, 2.45) is 0 Å². The second-order valence-corrected chi connectivity index (χ2v) is 3.22. The van der Waals surface area contributed by atoms with Crippen LogP contribution in [0.2, 0.25) is 0 Å². The molecule has 76 valence electrons. The van der Waals surface area contributed by atoms with Gasteiger partial charge in [0.05, 0.1) is 7.11 Å². The summed E-state index contributed by atoms with van der Waals surface area (Å²) in [5, 5.41) is -0.535. The van der Waals surface area contributed by atoms with Crippen LogP contribution in [-0.4, -0.2) is 19.0 Å². The van der Waals surface area contributed by atoms with Gasteiger partial charge < -0.3 is 9.47 Å². The van der Waals surface area contributed by atoms with Crippen LogP contribution < -0.4 is 9.47 Å². The number of hydrogen-bond donors (Lipinski definition) is 0. The standard InChI is InChI=1S/C10H11ClO3/c1-7-3-4-8(9(5-7)13-2)14-6-10(11)12/h3-5H,6H2,1-2H3. The van der Waals surface area contributed by atoms with Gasteiger partial charge in [0.2, 0.25) is 0 Å². The van der Waals surface area contributed by atoms with Gasteiger partial charge in [-0.2, -0.15) is 0 Å². The van der Waals surface area contributed by atoms with Gasteiger partial charge in [0.25, 0.3) is 5.24 Å². The number of aryl methyl sites for hydroxylation is 1. The normalized spacial score (nSPS) is 9.64. The quantitative estimate of drug-likeness (QED) is 0.721. The zero-order valence-corrected chi connectivity index (χ0v) is 8.80. The molecule has 0 radical (unpaired) electrons. The minimum absolute atomic E-state index is 0.152. The Kier molecular flexibility index (Phi) is 3.77. The van der Waals surface area contributed by atoms with Crippen LogP contribution in [0.1, 0.15) is 5.56 Å². The maximum Gasteiger partial charge on any atom is 0.259 e. The highest BCUT2D eigenvalue weighted by atomic mass is 35.5. The van der Waals surface area contributed by atoms with Crippen LogP contribution in [0, 0.1) is 6.92 Å². The minimum Gasteiger partial charge on any atom is -0.493 e. The van der Waals surface area contributed by atoms with Crippen molar-refractivity contribution >= 4 is 16.8 Å². The summed E-state index contributed by atoms with van der Waals surface area (Å²) in [5.41, 5.74) is 1.06. The van der Waals surface area contributed by atoms with Crippen molar-refractivity contribution < 1.29 is 14.3 Å². The zero-order valence-electron chi connectivity index (χ0n) is 8.04. The molecule has 0 heterocycles. The molecule has 14 heavy (non-hydrogen) atoms. The first-order valence-corrected chi connectivity index (χ1v) is 4.47. The number of carbonyl (C=O) groups excluding carboxylic acids is 1. The number of benzene rings is 1. The molecule has 0 N–H and O–H groups in total. The lowest BCUT2D eigenvalue weighted by Gasteiger charge is -2.09. The number of hydrogen-bond acceptors (Lipinski definition) is 3. The largest absolute Gasteiger partial charge is 0.493 e. The van der Waals surface area contributed by atoms with Gasteiger partial charge in [-0.25, -0.2) is 0 Å². The van der Waals surface area contributed by atoms with Gasteiger partial charge in [-0.3, -0.25) is 4.79 Å². The SMILES string of the molecule is COc1cc(C)ccc1OCC(=O)Cl. The molecule has 1 aromatic rings. The second-order valence-electron chi connectivity index (χ2n) is 2.80. The average Bonchev–Trinajstić information content (AvgIpc) is 2.15. The Morgan fingerprint density at radius 1 is 1.43 bits per heavy atom. The third kappa shape index (κ3) is 2.92. The van der Waals surface area contributed by atoms with E-state index in [0.717, 1.165) is 5.56 Å². The van der Waals surface area contributed by atoms with Gasteiger partial charge in [0, 0.05) is 0 Å². The predicted molar refractivity (Wildman–Crippen MR) is 54.1 cm³/mol. The van der Waals surface area contributed by atoms with Crippen LogP contribution in [0.4, 0.5) is 0 Å². The molecule has 0 unspecified atom stereocenters. The Morgan fingerprint density at radius 2 is 2.14 bits per heavy atom. The lowest BCUT2D eigenvalue weighted by Crippen LogP contribution is -2.05. The molecule has 3 nitrogen and oxygen atoms in total. The fourth-order valence-corrected chi connectivity index (χ4v) is 1.08. The monoisotopic (exact) mass is 214 g/mol. The van der Waals surface area contributed by atoms with E-state index in [2.05, 4.69) is 0 Å². The highest BCUT2D eigenvalue weighted by Gasteiger charge is 2.05.